The number of anilines is 1. The first kappa shape index (κ1) is 19.2. The summed E-state index contributed by atoms with van der Waals surface area (Å²) in [6.07, 6.45) is 0. The van der Waals surface area contributed by atoms with E-state index in [-0.39, 0.29) is 17.7 Å². The van der Waals surface area contributed by atoms with Crippen LogP contribution in [0.3, 0.4) is 0 Å². The monoisotopic (exact) mass is 432 g/mol. The molecular formula is C16H22Br2N2O2. The van der Waals surface area contributed by atoms with Gasteiger partial charge in [-0.1, -0.05) is 77.8 Å². The molecule has 1 atom stereocenters. The standard InChI is InChI=1S/C16H22Br2N2O2/c1-9(2)11-6-5-7-12(10(3)4)14(11)19-16(22)20-15(21)13(18)8-17/h5-7,9-10,13H,8H2,1-4H3,(H2,19,20,21,22). The zero-order valence-electron chi connectivity index (χ0n) is 13.2. The molecule has 6 heteroatoms. The molecular weight excluding hydrogens is 412 g/mol. The van der Waals surface area contributed by atoms with Crippen molar-refractivity contribution in [3.63, 3.8) is 0 Å². The number of halogens is 2. The normalized spacial score (nSPS) is 12.4. The van der Waals surface area contributed by atoms with Gasteiger partial charge in [-0.2, -0.15) is 0 Å². The van der Waals surface area contributed by atoms with Gasteiger partial charge in [0.1, 0.15) is 4.83 Å². The number of carbonyl (C=O) groups is 2. The van der Waals surface area contributed by atoms with Crippen LogP contribution >= 0.6 is 31.9 Å². The minimum absolute atomic E-state index is 0.274. The quantitative estimate of drug-likeness (QED) is 0.658. The Hall–Kier alpha value is -0.880. The van der Waals surface area contributed by atoms with Gasteiger partial charge in [0.05, 0.1) is 0 Å². The second-order valence-corrected chi connectivity index (χ2v) is 7.44. The van der Waals surface area contributed by atoms with Crippen LogP contribution in [0.2, 0.25) is 0 Å². The van der Waals surface area contributed by atoms with Crippen molar-refractivity contribution in [3.05, 3.63) is 29.3 Å². The number of benzene rings is 1. The van der Waals surface area contributed by atoms with Gasteiger partial charge in [0.25, 0.3) is 0 Å². The van der Waals surface area contributed by atoms with Gasteiger partial charge in [0.15, 0.2) is 0 Å². The SMILES string of the molecule is CC(C)c1cccc(C(C)C)c1NC(=O)NC(=O)C(Br)CBr. The van der Waals surface area contributed by atoms with E-state index in [1.54, 1.807) is 0 Å². The fraction of sp³-hybridized carbons (Fsp3) is 0.500. The highest BCUT2D eigenvalue weighted by Gasteiger charge is 2.19. The van der Waals surface area contributed by atoms with E-state index >= 15 is 0 Å². The fourth-order valence-corrected chi connectivity index (χ4v) is 2.51. The number of hydrogen-bond donors (Lipinski definition) is 2. The predicted octanol–water partition coefficient (Wildman–Crippen LogP) is 4.74. The minimum Gasteiger partial charge on any atom is -0.307 e. The smallest absolute Gasteiger partial charge is 0.307 e. The van der Waals surface area contributed by atoms with Gasteiger partial charge in [0.2, 0.25) is 5.91 Å². The molecule has 1 aromatic carbocycles. The van der Waals surface area contributed by atoms with Gasteiger partial charge in [-0.25, -0.2) is 4.79 Å². The van der Waals surface area contributed by atoms with Gasteiger partial charge in [-0.05, 0) is 23.0 Å². The van der Waals surface area contributed by atoms with Crippen molar-refractivity contribution in [1.29, 1.82) is 0 Å². The summed E-state index contributed by atoms with van der Waals surface area (Å²) in [6, 6.07) is 5.49. The lowest BCUT2D eigenvalue weighted by atomic mass is 9.93. The largest absolute Gasteiger partial charge is 0.325 e. The van der Waals surface area contributed by atoms with Crippen LogP contribution in [0.25, 0.3) is 0 Å². The van der Waals surface area contributed by atoms with Crippen LogP contribution in [0.1, 0.15) is 50.7 Å². The summed E-state index contributed by atoms with van der Waals surface area (Å²) in [5.41, 5.74) is 2.91. The van der Waals surface area contributed by atoms with Crippen LogP contribution in [-0.2, 0) is 4.79 Å². The molecule has 3 amide bonds. The summed E-state index contributed by atoms with van der Waals surface area (Å²) in [7, 11) is 0. The van der Waals surface area contributed by atoms with Crippen LogP contribution in [0.5, 0.6) is 0 Å². The van der Waals surface area contributed by atoms with E-state index in [9.17, 15) is 9.59 Å². The second-order valence-electron chi connectivity index (χ2n) is 5.69. The van der Waals surface area contributed by atoms with E-state index in [1.165, 1.54) is 0 Å². The van der Waals surface area contributed by atoms with E-state index in [0.717, 1.165) is 16.8 Å². The zero-order valence-corrected chi connectivity index (χ0v) is 16.4. The highest BCUT2D eigenvalue weighted by molar-refractivity contribution is 9.12. The molecule has 122 valence electrons. The number of alkyl halides is 2. The Balaban J connectivity index is 3.00. The van der Waals surface area contributed by atoms with Crippen molar-refractivity contribution in [2.75, 3.05) is 10.6 Å². The summed E-state index contributed by atoms with van der Waals surface area (Å²) in [6.45, 7) is 8.31. The van der Waals surface area contributed by atoms with Gasteiger partial charge < -0.3 is 5.32 Å². The number of para-hydroxylation sites is 1. The van der Waals surface area contributed by atoms with Crippen LogP contribution in [0.15, 0.2) is 18.2 Å². The molecule has 2 N–H and O–H groups in total. The Morgan fingerprint density at radius 1 is 1.09 bits per heavy atom. The summed E-state index contributed by atoms with van der Waals surface area (Å²) in [5, 5.41) is 5.63. The average Bonchev–Trinajstić information content (AvgIpc) is 2.45. The summed E-state index contributed by atoms with van der Waals surface area (Å²) < 4.78 is 0. The maximum Gasteiger partial charge on any atom is 0.325 e. The second kappa shape index (κ2) is 8.67. The number of nitrogens with one attached hydrogen (secondary N) is 2. The molecule has 0 saturated heterocycles. The number of carbonyl (C=O) groups excluding carboxylic acids is 2. The molecule has 0 aliphatic rings. The number of imide groups is 1. The molecule has 22 heavy (non-hydrogen) atoms. The topological polar surface area (TPSA) is 58.2 Å². The van der Waals surface area contributed by atoms with E-state index < -0.39 is 10.9 Å². The molecule has 0 aliphatic heterocycles. The molecule has 4 nitrogen and oxygen atoms in total. The van der Waals surface area contributed by atoms with Gasteiger partial charge >= 0.3 is 6.03 Å². The predicted molar refractivity (Wildman–Crippen MR) is 98.3 cm³/mol. The van der Waals surface area contributed by atoms with E-state index in [2.05, 4.69) is 70.2 Å². The molecule has 0 aliphatic carbocycles. The number of amides is 3. The third kappa shape index (κ3) is 5.09. The number of hydrogen-bond acceptors (Lipinski definition) is 2. The van der Waals surface area contributed by atoms with Gasteiger partial charge in [-0.15, -0.1) is 0 Å². The first-order chi connectivity index (χ1) is 10.3. The molecule has 0 saturated carbocycles. The zero-order chi connectivity index (χ0) is 16.9. The van der Waals surface area contributed by atoms with Crippen LogP contribution < -0.4 is 10.6 Å². The van der Waals surface area contributed by atoms with E-state index in [0.29, 0.717) is 5.33 Å². The first-order valence-electron chi connectivity index (χ1n) is 7.22. The van der Waals surface area contributed by atoms with Crippen molar-refractivity contribution in [3.8, 4) is 0 Å². The highest BCUT2D eigenvalue weighted by atomic mass is 79.9. The summed E-state index contributed by atoms with van der Waals surface area (Å²) >= 11 is 6.39. The summed E-state index contributed by atoms with van der Waals surface area (Å²) in [5.74, 6) is 0.176. The molecule has 0 bridgehead atoms. The molecule has 1 aromatic rings. The Kier molecular flexibility index (Phi) is 7.56. The van der Waals surface area contributed by atoms with E-state index in [1.807, 2.05) is 18.2 Å². The fourth-order valence-electron chi connectivity index (χ4n) is 2.10. The molecule has 0 heterocycles. The molecule has 0 fully saturated rings. The third-order valence-corrected chi connectivity index (χ3v) is 5.52. The average molecular weight is 434 g/mol. The molecule has 1 rings (SSSR count). The maximum atomic E-state index is 12.1. The highest BCUT2D eigenvalue weighted by Crippen LogP contribution is 2.32. The molecule has 0 aromatic heterocycles. The maximum absolute atomic E-state index is 12.1. The third-order valence-electron chi connectivity index (χ3n) is 3.27. The van der Waals surface area contributed by atoms with Crippen molar-refractivity contribution in [2.45, 2.75) is 44.4 Å². The lowest BCUT2D eigenvalue weighted by molar-refractivity contribution is -0.118. The van der Waals surface area contributed by atoms with Gasteiger partial charge in [-0.3, -0.25) is 10.1 Å². The van der Waals surface area contributed by atoms with Crippen molar-refractivity contribution in [2.24, 2.45) is 0 Å². The summed E-state index contributed by atoms with van der Waals surface area (Å²) in [4.78, 5) is 23.4. The molecule has 0 radical (unpaired) electrons. The Morgan fingerprint density at radius 2 is 1.59 bits per heavy atom. The van der Waals surface area contributed by atoms with Crippen molar-refractivity contribution in [1.82, 2.24) is 5.32 Å². The van der Waals surface area contributed by atoms with Crippen LogP contribution in [0, 0.1) is 0 Å². The Morgan fingerprint density at radius 3 is 2.00 bits per heavy atom. The van der Waals surface area contributed by atoms with Gasteiger partial charge in [0, 0.05) is 11.0 Å². The van der Waals surface area contributed by atoms with Crippen molar-refractivity contribution < 1.29 is 9.59 Å². The molecule has 0 spiro atoms. The van der Waals surface area contributed by atoms with Crippen LogP contribution in [-0.4, -0.2) is 22.1 Å². The molecule has 1 unspecified atom stereocenters. The van der Waals surface area contributed by atoms with Crippen LogP contribution in [0.4, 0.5) is 10.5 Å². The first-order valence-corrected chi connectivity index (χ1v) is 9.26. The number of rotatable bonds is 5. The lowest BCUT2D eigenvalue weighted by Crippen LogP contribution is -2.39. The number of urea groups is 1. The van der Waals surface area contributed by atoms with E-state index in [4.69, 9.17) is 0 Å². The Labute approximate surface area is 148 Å². The lowest BCUT2D eigenvalue weighted by Gasteiger charge is -2.20. The minimum atomic E-state index is -0.509. The van der Waals surface area contributed by atoms with Crippen molar-refractivity contribution >= 4 is 49.5 Å². The Bertz CT molecular complexity index is 519.